The van der Waals surface area contributed by atoms with Gasteiger partial charge in [-0.2, -0.15) is 0 Å². The van der Waals surface area contributed by atoms with E-state index in [1.165, 1.54) is 58.0 Å². The molecule has 0 atom stereocenters. The maximum atomic E-state index is 9.56. The smallest absolute Gasteiger partial charge is 0.0615 e. The van der Waals surface area contributed by atoms with Gasteiger partial charge in [-0.1, -0.05) is 26.7 Å². The molecule has 94 valence electrons. The minimum Gasteiger partial charge on any atom is -0.394 e. The third-order valence-electron chi connectivity index (χ3n) is 4.86. The average Bonchev–Trinajstić information content (AvgIpc) is 2.15. The summed E-state index contributed by atoms with van der Waals surface area (Å²) in [7, 11) is 0. The highest BCUT2D eigenvalue weighted by Crippen LogP contribution is 2.48. The van der Waals surface area contributed by atoms with E-state index in [-0.39, 0.29) is 5.54 Å². The predicted molar refractivity (Wildman–Crippen MR) is 67.5 cm³/mol. The van der Waals surface area contributed by atoms with E-state index in [1.54, 1.807) is 0 Å². The van der Waals surface area contributed by atoms with Crippen LogP contribution in [0.4, 0.5) is 0 Å². The number of aliphatic hydroxyl groups is 1. The van der Waals surface area contributed by atoms with Crippen molar-refractivity contribution in [1.82, 2.24) is 4.90 Å². The summed E-state index contributed by atoms with van der Waals surface area (Å²) in [6.45, 7) is 7.46. The summed E-state index contributed by atoms with van der Waals surface area (Å²) in [6.07, 6.45) is 9.11. The van der Waals surface area contributed by atoms with E-state index in [0.29, 0.717) is 12.0 Å². The van der Waals surface area contributed by atoms with E-state index in [0.717, 1.165) is 0 Å². The number of hydrogen-bond donors (Lipinski definition) is 1. The second-order valence-electron chi connectivity index (χ2n) is 6.09. The molecular formula is C14H27NO. The van der Waals surface area contributed by atoms with Gasteiger partial charge in [0.1, 0.15) is 0 Å². The van der Waals surface area contributed by atoms with Gasteiger partial charge in [0.25, 0.3) is 0 Å². The van der Waals surface area contributed by atoms with Crippen LogP contribution in [-0.4, -0.2) is 35.2 Å². The average molecular weight is 225 g/mol. The van der Waals surface area contributed by atoms with Gasteiger partial charge in [-0.15, -0.1) is 0 Å². The van der Waals surface area contributed by atoms with Gasteiger partial charge in [0.15, 0.2) is 0 Å². The molecule has 2 aliphatic rings. The van der Waals surface area contributed by atoms with E-state index in [4.69, 9.17) is 0 Å². The molecular weight excluding hydrogens is 198 g/mol. The first kappa shape index (κ1) is 12.4. The largest absolute Gasteiger partial charge is 0.394 e. The summed E-state index contributed by atoms with van der Waals surface area (Å²) in [5.41, 5.74) is 0.798. The van der Waals surface area contributed by atoms with Crippen LogP contribution in [0.2, 0.25) is 0 Å². The molecule has 1 aliphatic heterocycles. The fourth-order valence-corrected chi connectivity index (χ4v) is 3.76. The Morgan fingerprint density at radius 2 is 1.62 bits per heavy atom. The summed E-state index contributed by atoms with van der Waals surface area (Å²) in [4.78, 5) is 2.57. The van der Waals surface area contributed by atoms with Crippen molar-refractivity contribution < 1.29 is 5.11 Å². The summed E-state index contributed by atoms with van der Waals surface area (Å²) in [5, 5.41) is 9.56. The van der Waals surface area contributed by atoms with Crippen molar-refractivity contribution >= 4 is 0 Å². The molecule has 0 aromatic heterocycles. The van der Waals surface area contributed by atoms with Crippen molar-refractivity contribution in [2.75, 3.05) is 19.7 Å². The maximum absolute atomic E-state index is 9.56. The first-order valence-electron chi connectivity index (χ1n) is 7.06. The molecule has 2 rings (SSSR count). The summed E-state index contributed by atoms with van der Waals surface area (Å²) in [5.74, 6) is 0. The summed E-state index contributed by atoms with van der Waals surface area (Å²) < 4.78 is 0. The van der Waals surface area contributed by atoms with Crippen LogP contribution in [0.25, 0.3) is 0 Å². The molecule has 0 amide bonds. The molecule has 2 fully saturated rings. The van der Waals surface area contributed by atoms with E-state index in [9.17, 15) is 5.11 Å². The first-order chi connectivity index (χ1) is 7.70. The van der Waals surface area contributed by atoms with Gasteiger partial charge < -0.3 is 5.11 Å². The Bertz CT molecular complexity index is 215. The van der Waals surface area contributed by atoms with E-state index < -0.39 is 0 Å². The van der Waals surface area contributed by atoms with Gasteiger partial charge in [-0.25, -0.2) is 0 Å². The fraction of sp³-hybridized carbons (Fsp3) is 1.00. The fourth-order valence-electron chi connectivity index (χ4n) is 3.76. The van der Waals surface area contributed by atoms with Crippen molar-refractivity contribution in [3.63, 3.8) is 0 Å². The number of nitrogens with zero attached hydrogens (tertiary/aromatic N) is 1. The van der Waals surface area contributed by atoms with E-state index in [1.807, 2.05) is 0 Å². The van der Waals surface area contributed by atoms with Crippen LogP contribution in [-0.2, 0) is 0 Å². The Hall–Kier alpha value is -0.0800. The highest BCUT2D eigenvalue weighted by molar-refractivity contribution is 5.06. The number of aliphatic hydroxyl groups excluding tert-OH is 1. The summed E-state index contributed by atoms with van der Waals surface area (Å²) >= 11 is 0. The molecule has 1 heterocycles. The zero-order valence-electron chi connectivity index (χ0n) is 11.0. The minimum absolute atomic E-state index is 0.199. The van der Waals surface area contributed by atoms with Crippen LogP contribution < -0.4 is 0 Å². The van der Waals surface area contributed by atoms with Crippen LogP contribution in [0.5, 0.6) is 0 Å². The maximum Gasteiger partial charge on any atom is 0.0615 e. The monoisotopic (exact) mass is 225 g/mol. The van der Waals surface area contributed by atoms with Crippen molar-refractivity contribution in [3.8, 4) is 0 Å². The van der Waals surface area contributed by atoms with Crippen molar-refractivity contribution in [2.45, 2.75) is 64.3 Å². The zero-order chi connectivity index (χ0) is 11.6. The molecule has 0 radical (unpaired) electrons. The van der Waals surface area contributed by atoms with Crippen LogP contribution in [0.1, 0.15) is 58.8 Å². The minimum atomic E-state index is 0.199. The lowest BCUT2D eigenvalue weighted by atomic mass is 9.66. The molecule has 0 aromatic carbocycles. The lowest BCUT2D eigenvalue weighted by molar-refractivity contribution is -0.136. The van der Waals surface area contributed by atoms with Gasteiger partial charge in [0.05, 0.1) is 6.61 Å². The Morgan fingerprint density at radius 1 is 1.06 bits per heavy atom. The van der Waals surface area contributed by atoms with Gasteiger partial charge >= 0.3 is 0 Å². The molecule has 2 nitrogen and oxygen atoms in total. The molecule has 16 heavy (non-hydrogen) atoms. The van der Waals surface area contributed by atoms with Gasteiger partial charge in [0.2, 0.25) is 0 Å². The molecule has 1 saturated carbocycles. The van der Waals surface area contributed by atoms with Gasteiger partial charge in [0, 0.05) is 18.6 Å². The number of hydrogen-bond acceptors (Lipinski definition) is 2. The van der Waals surface area contributed by atoms with E-state index in [2.05, 4.69) is 18.7 Å². The van der Waals surface area contributed by atoms with Crippen LogP contribution in [0.15, 0.2) is 0 Å². The van der Waals surface area contributed by atoms with Gasteiger partial charge in [-0.3, -0.25) is 4.90 Å². The molecule has 1 saturated heterocycles. The molecule has 0 aromatic rings. The topological polar surface area (TPSA) is 23.5 Å². The Kier molecular flexibility index (Phi) is 3.60. The standard InChI is InChI=1S/C14H27NO/c1-3-6-13(7-4-2)10-15(11-13)14(12-16)8-5-9-14/h16H,3-12H2,1-2H3. The Morgan fingerprint density at radius 3 is 1.94 bits per heavy atom. The van der Waals surface area contributed by atoms with Crippen molar-refractivity contribution in [1.29, 1.82) is 0 Å². The normalized spacial score (nSPS) is 27.2. The molecule has 0 spiro atoms. The first-order valence-corrected chi connectivity index (χ1v) is 7.06. The van der Waals surface area contributed by atoms with Crippen LogP contribution in [0, 0.1) is 5.41 Å². The second-order valence-corrected chi connectivity index (χ2v) is 6.09. The number of rotatable bonds is 6. The number of likely N-dealkylation sites (tertiary alicyclic amines) is 1. The molecule has 0 bridgehead atoms. The molecule has 1 N–H and O–H groups in total. The third kappa shape index (κ3) is 1.91. The quantitative estimate of drug-likeness (QED) is 0.751. The Balaban J connectivity index is 1.90. The van der Waals surface area contributed by atoms with Crippen molar-refractivity contribution in [2.24, 2.45) is 5.41 Å². The highest BCUT2D eigenvalue weighted by atomic mass is 16.3. The van der Waals surface area contributed by atoms with Crippen molar-refractivity contribution in [3.05, 3.63) is 0 Å². The second kappa shape index (κ2) is 4.66. The highest BCUT2D eigenvalue weighted by Gasteiger charge is 2.52. The molecule has 0 unspecified atom stereocenters. The summed E-state index contributed by atoms with van der Waals surface area (Å²) in [6, 6.07) is 0. The lowest BCUT2D eigenvalue weighted by Gasteiger charge is -2.61. The van der Waals surface area contributed by atoms with Crippen LogP contribution >= 0.6 is 0 Å². The van der Waals surface area contributed by atoms with E-state index >= 15 is 0 Å². The van der Waals surface area contributed by atoms with Crippen LogP contribution in [0.3, 0.4) is 0 Å². The zero-order valence-corrected chi connectivity index (χ0v) is 11.0. The SMILES string of the molecule is CCCC1(CCC)CN(C2(CO)CCC2)C1. The Labute approximate surface area is 100 Å². The van der Waals surface area contributed by atoms with Gasteiger partial charge in [-0.05, 0) is 37.5 Å². The lowest BCUT2D eigenvalue weighted by Crippen LogP contribution is -2.68. The molecule has 2 heteroatoms. The predicted octanol–water partition coefficient (Wildman–Crippen LogP) is 2.80. The molecule has 1 aliphatic carbocycles. The third-order valence-corrected chi connectivity index (χ3v) is 4.86.